The summed E-state index contributed by atoms with van der Waals surface area (Å²) in [5, 5.41) is 19.6. The Kier molecular flexibility index (Phi) is 4.37. The van der Waals surface area contributed by atoms with E-state index in [1.54, 1.807) is 19.9 Å². The van der Waals surface area contributed by atoms with Crippen LogP contribution >= 0.6 is 0 Å². The number of aryl methyl sites for hydroxylation is 2. The minimum atomic E-state index is -0.551. The molecular formula is C11H17N3O2. The predicted octanol–water partition coefficient (Wildman–Crippen LogP) is 0.458. The lowest BCUT2D eigenvalue weighted by molar-refractivity contribution is 0.0922. The number of nitrogens with one attached hydrogen (secondary N) is 1. The first kappa shape index (κ1) is 12.6. The maximum absolute atomic E-state index is 11.8. The number of hydrogen-bond donors (Lipinski definition) is 2. The van der Waals surface area contributed by atoms with Crippen molar-refractivity contribution >= 4 is 5.91 Å². The number of carbonyl (C=O) groups is 1. The van der Waals surface area contributed by atoms with Gasteiger partial charge in [-0.2, -0.15) is 10.2 Å². The second kappa shape index (κ2) is 5.55. The van der Waals surface area contributed by atoms with Gasteiger partial charge in [0.15, 0.2) is 0 Å². The maximum Gasteiger partial charge on any atom is 0.253 e. The molecule has 0 radical (unpaired) electrons. The van der Waals surface area contributed by atoms with Crippen LogP contribution in [-0.2, 0) is 6.42 Å². The zero-order chi connectivity index (χ0) is 12.1. The van der Waals surface area contributed by atoms with Gasteiger partial charge in [-0.25, -0.2) is 0 Å². The largest absolute Gasteiger partial charge is 0.392 e. The number of rotatable bonds is 4. The summed E-state index contributed by atoms with van der Waals surface area (Å²) >= 11 is 0. The topological polar surface area (TPSA) is 75.1 Å². The zero-order valence-electron chi connectivity index (χ0n) is 9.82. The Balaban J connectivity index is 2.84. The van der Waals surface area contributed by atoms with Crippen LogP contribution in [0.2, 0.25) is 0 Å². The molecule has 0 aliphatic carbocycles. The smallest absolute Gasteiger partial charge is 0.253 e. The van der Waals surface area contributed by atoms with E-state index < -0.39 is 6.10 Å². The van der Waals surface area contributed by atoms with E-state index in [9.17, 15) is 4.79 Å². The molecule has 0 saturated heterocycles. The Labute approximate surface area is 94.9 Å². The number of aliphatic hydroxyl groups is 1. The van der Waals surface area contributed by atoms with Gasteiger partial charge in [-0.3, -0.25) is 4.79 Å². The number of carbonyl (C=O) groups excluding carboxylic acids is 1. The highest BCUT2D eigenvalue weighted by Crippen LogP contribution is 2.07. The first-order valence-corrected chi connectivity index (χ1v) is 5.34. The summed E-state index contributed by atoms with van der Waals surface area (Å²) in [5.41, 5.74) is 1.92. The van der Waals surface area contributed by atoms with Gasteiger partial charge >= 0.3 is 0 Å². The van der Waals surface area contributed by atoms with Crippen LogP contribution in [0, 0.1) is 6.92 Å². The van der Waals surface area contributed by atoms with E-state index >= 15 is 0 Å². The van der Waals surface area contributed by atoms with E-state index in [4.69, 9.17) is 5.11 Å². The lowest BCUT2D eigenvalue weighted by Crippen LogP contribution is -2.31. The third kappa shape index (κ3) is 3.27. The van der Waals surface area contributed by atoms with Crippen molar-refractivity contribution in [3.8, 4) is 0 Å². The van der Waals surface area contributed by atoms with Gasteiger partial charge in [0, 0.05) is 6.54 Å². The first-order chi connectivity index (χ1) is 7.54. The van der Waals surface area contributed by atoms with Crippen molar-refractivity contribution in [1.82, 2.24) is 15.5 Å². The van der Waals surface area contributed by atoms with E-state index in [0.29, 0.717) is 23.4 Å². The summed E-state index contributed by atoms with van der Waals surface area (Å²) in [7, 11) is 0. The van der Waals surface area contributed by atoms with E-state index in [-0.39, 0.29) is 12.5 Å². The van der Waals surface area contributed by atoms with Crippen LogP contribution in [0.3, 0.4) is 0 Å². The van der Waals surface area contributed by atoms with Gasteiger partial charge in [-0.15, -0.1) is 0 Å². The molecule has 88 valence electrons. The van der Waals surface area contributed by atoms with Gasteiger partial charge in [0.25, 0.3) is 5.91 Å². The summed E-state index contributed by atoms with van der Waals surface area (Å²) in [6.45, 7) is 5.57. The summed E-state index contributed by atoms with van der Waals surface area (Å²) in [5.74, 6) is -0.212. The summed E-state index contributed by atoms with van der Waals surface area (Å²) in [6.07, 6.45) is 0.106. The molecule has 1 amide bonds. The number of hydrogen-bond acceptors (Lipinski definition) is 4. The molecule has 1 heterocycles. The fourth-order valence-corrected chi connectivity index (χ4v) is 1.31. The predicted molar refractivity (Wildman–Crippen MR) is 60.2 cm³/mol. The molecule has 0 aliphatic heterocycles. The quantitative estimate of drug-likeness (QED) is 0.777. The Bertz CT molecular complexity index is 377. The van der Waals surface area contributed by atoms with E-state index in [1.807, 2.05) is 6.92 Å². The SMILES string of the molecule is CCc1nnc(C)cc1C(=O)NC[C@@H](C)O. The number of aliphatic hydroxyl groups excluding tert-OH is 1. The molecule has 5 nitrogen and oxygen atoms in total. The van der Waals surface area contributed by atoms with Crippen LogP contribution in [0.25, 0.3) is 0 Å². The Morgan fingerprint density at radius 1 is 1.56 bits per heavy atom. The van der Waals surface area contributed by atoms with E-state index in [2.05, 4.69) is 15.5 Å². The van der Waals surface area contributed by atoms with Crippen molar-refractivity contribution < 1.29 is 9.90 Å². The van der Waals surface area contributed by atoms with Crippen molar-refractivity contribution in [2.45, 2.75) is 33.3 Å². The molecule has 5 heteroatoms. The molecule has 16 heavy (non-hydrogen) atoms. The minimum absolute atomic E-state index is 0.212. The average molecular weight is 223 g/mol. The van der Waals surface area contributed by atoms with Gasteiger partial charge in [0.05, 0.1) is 23.1 Å². The second-order valence-corrected chi connectivity index (χ2v) is 3.76. The van der Waals surface area contributed by atoms with Gasteiger partial charge in [-0.05, 0) is 26.3 Å². The Morgan fingerprint density at radius 2 is 2.25 bits per heavy atom. The Hall–Kier alpha value is -1.49. The molecule has 2 N–H and O–H groups in total. The molecule has 1 atom stereocenters. The van der Waals surface area contributed by atoms with Crippen LogP contribution in [0.1, 0.15) is 35.6 Å². The summed E-state index contributed by atoms with van der Waals surface area (Å²) in [6, 6.07) is 1.71. The van der Waals surface area contributed by atoms with Crippen molar-refractivity contribution in [2.24, 2.45) is 0 Å². The highest BCUT2D eigenvalue weighted by Gasteiger charge is 2.12. The molecule has 0 aromatic carbocycles. The van der Waals surface area contributed by atoms with Gasteiger partial charge < -0.3 is 10.4 Å². The zero-order valence-corrected chi connectivity index (χ0v) is 9.82. The molecule has 0 fully saturated rings. The fraction of sp³-hybridized carbons (Fsp3) is 0.545. The Morgan fingerprint density at radius 3 is 2.81 bits per heavy atom. The minimum Gasteiger partial charge on any atom is -0.392 e. The van der Waals surface area contributed by atoms with Crippen molar-refractivity contribution in [3.05, 3.63) is 23.0 Å². The maximum atomic E-state index is 11.8. The molecular weight excluding hydrogens is 206 g/mol. The molecule has 0 saturated carbocycles. The number of nitrogens with zero attached hydrogens (tertiary/aromatic N) is 2. The average Bonchev–Trinajstić information content (AvgIpc) is 2.25. The van der Waals surface area contributed by atoms with Gasteiger partial charge in [0.1, 0.15) is 0 Å². The molecule has 0 aliphatic rings. The lowest BCUT2D eigenvalue weighted by atomic mass is 10.1. The van der Waals surface area contributed by atoms with Gasteiger partial charge in [-0.1, -0.05) is 6.92 Å². The third-order valence-electron chi connectivity index (χ3n) is 2.13. The number of amides is 1. The third-order valence-corrected chi connectivity index (χ3v) is 2.13. The molecule has 1 rings (SSSR count). The number of aromatic nitrogens is 2. The molecule has 0 unspecified atom stereocenters. The van der Waals surface area contributed by atoms with Gasteiger partial charge in [0.2, 0.25) is 0 Å². The normalized spacial score (nSPS) is 12.2. The monoisotopic (exact) mass is 223 g/mol. The van der Waals surface area contributed by atoms with Crippen LogP contribution < -0.4 is 5.32 Å². The highest BCUT2D eigenvalue weighted by molar-refractivity contribution is 5.95. The van der Waals surface area contributed by atoms with Crippen molar-refractivity contribution in [1.29, 1.82) is 0 Å². The van der Waals surface area contributed by atoms with Crippen molar-refractivity contribution in [3.63, 3.8) is 0 Å². The molecule has 0 spiro atoms. The fourth-order valence-electron chi connectivity index (χ4n) is 1.31. The van der Waals surface area contributed by atoms with Crippen LogP contribution in [0.4, 0.5) is 0 Å². The highest BCUT2D eigenvalue weighted by atomic mass is 16.3. The second-order valence-electron chi connectivity index (χ2n) is 3.76. The van der Waals surface area contributed by atoms with Crippen molar-refractivity contribution in [2.75, 3.05) is 6.54 Å². The standard InChI is InChI=1S/C11H17N3O2/c1-4-10-9(5-7(2)13-14-10)11(16)12-6-8(3)15/h5,8,15H,4,6H2,1-3H3,(H,12,16)/t8-/m1/s1. The first-order valence-electron chi connectivity index (χ1n) is 5.34. The van der Waals surface area contributed by atoms with Crippen LogP contribution in [0.15, 0.2) is 6.07 Å². The molecule has 1 aromatic rings. The van der Waals surface area contributed by atoms with Crippen LogP contribution in [-0.4, -0.2) is 33.9 Å². The van der Waals surface area contributed by atoms with E-state index in [0.717, 1.165) is 0 Å². The summed E-state index contributed by atoms with van der Waals surface area (Å²) < 4.78 is 0. The molecule has 1 aromatic heterocycles. The summed E-state index contributed by atoms with van der Waals surface area (Å²) in [4.78, 5) is 11.8. The molecule has 0 bridgehead atoms. The van der Waals surface area contributed by atoms with Crippen LogP contribution in [0.5, 0.6) is 0 Å². The van der Waals surface area contributed by atoms with E-state index in [1.165, 1.54) is 0 Å². The lowest BCUT2D eigenvalue weighted by Gasteiger charge is -2.09.